The van der Waals surface area contributed by atoms with Crippen molar-refractivity contribution in [2.45, 2.75) is 13.8 Å². The predicted molar refractivity (Wildman–Crippen MR) is 84.3 cm³/mol. The first-order chi connectivity index (χ1) is 10.5. The van der Waals surface area contributed by atoms with Gasteiger partial charge in [0, 0.05) is 24.4 Å². The lowest BCUT2D eigenvalue weighted by Gasteiger charge is -2.07. The Kier molecular flexibility index (Phi) is 7.12. The van der Waals surface area contributed by atoms with Crippen molar-refractivity contribution in [3.05, 3.63) is 48.6 Å². The van der Waals surface area contributed by atoms with Crippen molar-refractivity contribution >= 4 is 29.2 Å². The number of nitrogens with one attached hydrogen (secondary N) is 2. The van der Waals surface area contributed by atoms with E-state index in [1.165, 1.54) is 19.1 Å². The van der Waals surface area contributed by atoms with Crippen LogP contribution in [0.5, 0.6) is 0 Å². The van der Waals surface area contributed by atoms with Gasteiger partial charge in [-0.1, -0.05) is 24.3 Å². The Bertz CT molecular complexity index is 606. The smallest absolute Gasteiger partial charge is 0.331 e. The summed E-state index contributed by atoms with van der Waals surface area (Å²) in [5.74, 6) is -1.27. The molecule has 0 saturated carbocycles. The largest absolute Gasteiger partial charge is 0.452 e. The molecule has 0 radical (unpaired) electrons. The fraction of sp³-hybridized carbons (Fsp3) is 0.188. The molecule has 0 saturated heterocycles. The number of allylic oxidation sites excluding steroid dienone is 3. The molecular formula is C16H18N2O4. The van der Waals surface area contributed by atoms with E-state index in [-0.39, 0.29) is 12.5 Å². The number of benzene rings is 1. The average molecular weight is 302 g/mol. The van der Waals surface area contributed by atoms with Crippen LogP contribution in [0.15, 0.2) is 48.6 Å². The van der Waals surface area contributed by atoms with Crippen LogP contribution in [0.1, 0.15) is 13.8 Å². The molecule has 0 heterocycles. The first kappa shape index (κ1) is 17.2. The van der Waals surface area contributed by atoms with E-state index >= 15 is 0 Å². The van der Waals surface area contributed by atoms with Gasteiger partial charge in [0.2, 0.25) is 5.91 Å². The van der Waals surface area contributed by atoms with Crippen LogP contribution in [-0.4, -0.2) is 24.4 Å². The summed E-state index contributed by atoms with van der Waals surface area (Å²) >= 11 is 0. The molecule has 2 amide bonds. The summed E-state index contributed by atoms with van der Waals surface area (Å²) < 4.78 is 4.78. The number of anilines is 2. The van der Waals surface area contributed by atoms with E-state index in [9.17, 15) is 14.4 Å². The molecule has 1 aromatic rings. The molecule has 0 aromatic heterocycles. The maximum Gasteiger partial charge on any atom is 0.331 e. The average Bonchev–Trinajstić information content (AvgIpc) is 2.45. The van der Waals surface area contributed by atoms with Gasteiger partial charge < -0.3 is 15.4 Å². The van der Waals surface area contributed by atoms with Crippen molar-refractivity contribution in [1.29, 1.82) is 0 Å². The number of carbonyl (C=O) groups is 3. The lowest BCUT2D eigenvalue weighted by molar-refractivity contribution is -0.142. The zero-order valence-corrected chi connectivity index (χ0v) is 12.5. The lowest BCUT2D eigenvalue weighted by Crippen LogP contribution is -2.20. The number of carbonyl (C=O) groups excluding carboxylic acids is 3. The Hall–Kier alpha value is -2.89. The minimum absolute atomic E-state index is 0.203. The van der Waals surface area contributed by atoms with Crippen LogP contribution < -0.4 is 10.6 Å². The molecule has 6 heteroatoms. The number of rotatable bonds is 6. The van der Waals surface area contributed by atoms with Gasteiger partial charge in [0.05, 0.1) is 0 Å². The maximum atomic E-state index is 11.7. The normalized spacial score (nSPS) is 10.6. The molecular weight excluding hydrogens is 284 g/mol. The number of hydrogen-bond acceptors (Lipinski definition) is 4. The van der Waals surface area contributed by atoms with E-state index in [0.717, 1.165) is 0 Å². The molecule has 1 rings (SSSR count). The maximum absolute atomic E-state index is 11.7. The predicted octanol–water partition coefficient (Wildman–Crippen LogP) is 2.26. The fourth-order valence-electron chi connectivity index (χ4n) is 1.51. The molecule has 22 heavy (non-hydrogen) atoms. The highest BCUT2D eigenvalue weighted by molar-refractivity contribution is 5.95. The van der Waals surface area contributed by atoms with Crippen LogP contribution in [0.25, 0.3) is 0 Å². The molecule has 116 valence electrons. The van der Waals surface area contributed by atoms with Crippen LogP contribution in [-0.2, 0) is 19.1 Å². The molecule has 0 bridgehead atoms. The van der Waals surface area contributed by atoms with E-state index in [0.29, 0.717) is 11.4 Å². The highest BCUT2D eigenvalue weighted by Crippen LogP contribution is 2.14. The summed E-state index contributed by atoms with van der Waals surface area (Å²) in [6, 6.07) is 6.65. The summed E-state index contributed by atoms with van der Waals surface area (Å²) in [5, 5.41) is 5.18. The first-order valence-electron chi connectivity index (χ1n) is 6.65. The second kappa shape index (κ2) is 9.12. The third-order valence-electron chi connectivity index (χ3n) is 2.35. The molecule has 1 aromatic carbocycles. The molecule has 0 aliphatic rings. The van der Waals surface area contributed by atoms with Gasteiger partial charge in [-0.3, -0.25) is 9.59 Å². The first-order valence-corrected chi connectivity index (χ1v) is 6.65. The van der Waals surface area contributed by atoms with E-state index < -0.39 is 11.9 Å². The minimum atomic E-state index is -0.597. The third-order valence-corrected chi connectivity index (χ3v) is 2.35. The van der Waals surface area contributed by atoms with Gasteiger partial charge in [0.25, 0.3) is 5.91 Å². The van der Waals surface area contributed by atoms with Gasteiger partial charge in [0.1, 0.15) is 0 Å². The van der Waals surface area contributed by atoms with Crippen LogP contribution in [0.4, 0.5) is 11.4 Å². The molecule has 2 N–H and O–H groups in total. The van der Waals surface area contributed by atoms with Crippen LogP contribution in [0, 0.1) is 0 Å². The van der Waals surface area contributed by atoms with Gasteiger partial charge in [0.15, 0.2) is 6.61 Å². The van der Waals surface area contributed by atoms with Crippen molar-refractivity contribution in [2.75, 3.05) is 17.2 Å². The number of amides is 2. The topological polar surface area (TPSA) is 84.5 Å². The third kappa shape index (κ3) is 7.04. The molecule has 0 unspecified atom stereocenters. The Morgan fingerprint density at radius 3 is 2.45 bits per heavy atom. The van der Waals surface area contributed by atoms with Crippen LogP contribution in [0.2, 0.25) is 0 Å². The van der Waals surface area contributed by atoms with Crippen molar-refractivity contribution in [3.8, 4) is 0 Å². The van der Waals surface area contributed by atoms with Gasteiger partial charge in [-0.25, -0.2) is 4.79 Å². The Morgan fingerprint density at radius 1 is 1.14 bits per heavy atom. The van der Waals surface area contributed by atoms with E-state index in [4.69, 9.17) is 4.74 Å². The van der Waals surface area contributed by atoms with Crippen LogP contribution in [0.3, 0.4) is 0 Å². The van der Waals surface area contributed by atoms with Crippen molar-refractivity contribution in [2.24, 2.45) is 0 Å². The van der Waals surface area contributed by atoms with Crippen molar-refractivity contribution < 1.29 is 19.1 Å². The monoisotopic (exact) mass is 302 g/mol. The summed E-state index contributed by atoms with van der Waals surface area (Å²) in [4.78, 5) is 33.9. The number of hydrogen-bond donors (Lipinski definition) is 2. The molecule has 6 nitrogen and oxygen atoms in total. The Balaban J connectivity index is 2.48. The van der Waals surface area contributed by atoms with E-state index in [2.05, 4.69) is 10.6 Å². The van der Waals surface area contributed by atoms with Gasteiger partial charge in [-0.15, -0.1) is 0 Å². The molecule has 0 aliphatic carbocycles. The number of ether oxygens (including phenoxy) is 1. The van der Waals surface area contributed by atoms with Gasteiger partial charge in [-0.2, -0.15) is 0 Å². The Morgan fingerprint density at radius 2 is 1.82 bits per heavy atom. The summed E-state index contributed by atoms with van der Waals surface area (Å²) in [7, 11) is 0. The number of esters is 1. The van der Waals surface area contributed by atoms with Crippen LogP contribution >= 0.6 is 0 Å². The Labute approximate surface area is 128 Å². The summed E-state index contributed by atoms with van der Waals surface area (Å²) in [6.45, 7) is 2.83. The quantitative estimate of drug-likeness (QED) is 0.479. The standard InChI is InChI=1S/C16H18N2O4/c1-3-4-5-9-16(21)22-11-15(20)18-14-8-6-7-13(10-14)17-12(2)19/h3-10H,11H2,1-2H3,(H,17,19)(H,18,20)/b4-3+,9-5+. The fourth-order valence-corrected chi connectivity index (χ4v) is 1.51. The second-order valence-corrected chi connectivity index (χ2v) is 4.30. The van der Waals surface area contributed by atoms with Gasteiger partial charge >= 0.3 is 5.97 Å². The van der Waals surface area contributed by atoms with E-state index in [1.807, 2.05) is 6.92 Å². The summed E-state index contributed by atoms with van der Waals surface area (Å²) in [5.41, 5.74) is 1.06. The zero-order chi connectivity index (χ0) is 16.4. The van der Waals surface area contributed by atoms with Crippen molar-refractivity contribution in [1.82, 2.24) is 0 Å². The SMILES string of the molecule is C/C=C/C=C/C(=O)OCC(=O)Nc1cccc(NC(C)=O)c1. The molecule has 0 aliphatic heterocycles. The highest BCUT2D eigenvalue weighted by Gasteiger charge is 2.06. The van der Waals surface area contributed by atoms with Crippen molar-refractivity contribution in [3.63, 3.8) is 0 Å². The molecule has 0 spiro atoms. The van der Waals surface area contributed by atoms with Gasteiger partial charge in [-0.05, 0) is 25.1 Å². The highest BCUT2D eigenvalue weighted by atomic mass is 16.5. The van der Waals surface area contributed by atoms with E-state index in [1.54, 1.807) is 36.4 Å². The zero-order valence-electron chi connectivity index (χ0n) is 12.5. The second-order valence-electron chi connectivity index (χ2n) is 4.30. The minimum Gasteiger partial charge on any atom is -0.452 e. The summed E-state index contributed by atoms with van der Waals surface area (Å²) in [6.07, 6.45) is 6.19. The lowest BCUT2D eigenvalue weighted by atomic mass is 10.2. The molecule has 0 fully saturated rings. The molecule has 0 atom stereocenters.